The molecule has 0 fully saturated rings. The summed E-state index contributed by atoms with van der Waals surface area (Å²) in [5.74, 6) is -2.92. The third kappa shape index (κ3) is 4.21. The summed E-state index contributed by atoms with van der Waals surface area (Å²) >= 11 is 0. The van der Waals surface area contributed by atoms with E-state index in [9.17, 15) is 22.4 Å². The van der Waals surface area contributed by atoms with Gasteiger partial charge in [-0.3, -0.25) is 0 Å². The predicted octanol–water partition coefficient (Wildman–Crippen LogP) is 2.99. The molecule has 0 N–H and O–H groups in total. The zero-order valence-electron chi connectivity index (χ0n) is 11.9. The molecule has 0 atom stereocenters. The van der Waals surface area contributed by atoms with E-state index in [4.69, 9.17) is 4.74 Å². The number of halogens is 4. The molecular weight excluding hydrogens is 320 g/mol. The van der Waals surface area contributed by atoms with Gasteiger partial charge in [-0.2, -0.15) is 13.9 Å². The van der Waals surface area contributed by atoms with Crippen molar-refractivity contribution in [1.82, 2.24) is 9.78 Å². The number of ether oxygens (including phenoxy) is 2. The second-order valence-corrected chi connectivity index (χ2v) is 4.36. The molecule has 0 aliphatic carbocycles. The maximum absolute atomic E-state index is 13.7. The summed E-state index contributed by atoms with van der Waals surface area (Å²) in [5, 5.41) is 3.76. The number of hydrogen-bond donors (Lipinski definition) is 0. The number of alkyl halides is 2. The van der Waals surface area contributed by atoms with E-state index in [1.807, 2.05) is 0 Å². The van der Waals surface area contributed by atoms with Gasteiger partial charge in [-0.05, 0) is 13.0 Å². The second-order valence-electron chi connectivity index (χ2n) is 4.36. The van der Waals surface area contributed by atoms with Crippen LogP contribution in [0.3, 0.4) is 0 Å². The molecule has 5 nitrogen and oxygen atoms in total. The van der Waals surface area contributed by atoms with Crippen LogP contribution in [0.1, 0.15) is 23.0 Å². The molecule has 1 aromatic heterocycles. The molecule has 0 aliphatic heterocycles. The molecule has 0 amide bonds. The largest absolute Gasteiger partial charge is 0.461 e. The highest BCUT2D eigenvalue weighted by Gasteiger charge is 2.19. The Hall–Kier alpha value is -2.58. The van der Waals surface area contributed by atoms with Crippen LogP contribution in [-0.4, -0.2) is 29.0 Å². The van der Waals surface area contributed by atoms with E-state index in [0.29, 0.717) is 6.07 Å². The lowest BCUT2D eigenvalue weighted by Gasteiger charge is -2.08. The SMILES string of the molecule is CCOC(=O)c1cc(OC(F)F)n(Cc2ccc(F)cc2F)n1. The van der Waals surface area contributed by atoms with Crippen LogP contribution in [0.2, 0.25) is 0 Å². The van der Waals surface area contributed by atoms with E-state index in [2.05, 4.69) is 9.84 Å². The van der Waals surface area contributed by atoms with Crippen LogP contribution in [0.5, 0.6) is 5.88 Å². The van der Waals surface area contributed by atoms with Crippen molar-refractivity contribution in [1.29, 1.82) is 0 Å². The molecule has 23 heavy (non-hydrogen) atoms. The number of carbonyl (C=O) groups excluding carboxylic acids is 1. The van der Waals surface area contributed by atoms with Crippen molar-refractivity contribution in [2.24, 2.45) is 0 Å². The Balaban J connectivity index is 2.32. The van der Waals surface area contributed by atoms with Crippen molar-refractivity contribution in [2.45, 2.75) is 20.1 Å². The first-order valence-corrected chi connectivity index (χ1v) is 6.54. The Morgan fingerprint density at radius 3 is 2.65 bits per heavy atom. The standard InChI is InChI=1S/C14H12F4N2O3/c1-2-22-13(21)11-6-12(23-14(17)18)20(19-11)7-8-3-4-9(15)5-10(8)16/h3-6,14H,2,7H2,1H3. The maximum Gasteiger partial charge on any atom is 0.388 e. The minimum atomic E-state index is -3.15. The third-order valence-corrected chi connectivity index (χ3v) is 2.77. The average Bonchev–Trinajstić information content (AvgIpc) is 2.84. The normalized spacial score (nSPS) is 10.9. The minimum Gasteiger partial charge on any atom is -0.461 e. The smallest absolute Gasteiger partial charge is 0.388 e. The number of carbonyl (C=O) groups is 1. The summed E-state index contributed by atoms with van der Waals surface area (Å²) in [6.07, 6.45) is 0. The molecule has 0 aliphatic rings. The van der Waals surface area contributed by atoms with E-state index >= 15 is 0 Å². The van der Waals surface area contributed by atoms with Crippen molar-refractivity contribution >= 4 is 5.97 Å². The monoisotopic (exact) mass is 332 g/mol. The Morgan fingerprint density at radius 1 is 1.30 bits per heavy atom. The molecular formula is C14H12F4N2O3. The highest BCUT2D eigenvalue weighted by Crippen LogP contribution is 2.20. The molecule has 1 aromatic carbocycles. The molecule has 2 rings (SSSR count). The second kappa shape index (κ2) is 7.12. The van der Waals surface area contributed by atoms with Gasteiger partial charge < -0.3 is 9.47 Å². The van der Waals surface area contributed by atoms with Gasteiger partial charge in [0.15, 0.2) is 5.69 Å². The topological polar surface area (TPSA) is 53.4 Å². The van der Waals surface area contributed by atoms with Gasteiger partial charge in [-0.25, -0.2) is 18.3 Å². The molecule has 0 unspecified atom stereocenters. The first-order valence-electron chi connectivity index (χ1n) is 6.54. The Bertz CT molecular complexity index is 703. The summed E-state index contributed by atoms with van der Waals surface area (Å²) in [5.41, 5.74) is -0.269. The van der Waals surface area contributed by atoms with Crippen molar-refractivity contribution in [2.75, 3.05) is 6.61 Å². The molecule has 0 bridgehead atoms. The van der Waals surface area contributed by atoms with E-state index in [1.54, 1.807) is 6.92 Å². The average molecular weight is 332 g/mol. The van der Waals surface area contributed by atoms with E-state index < -0.39 is 30.1 Å². The van der Waals surface area contributed by atoms with Crippen LogP contribution in [-0.2, 0) is 11.3 Å². The van der Waals surface area contributed by atoms with Gasteiger partial charge in [0.05, 0.1) is 13.2 Å². The number of benzene rings is 1. The van der Waals surface area contributed by atoms with Crippen LogP contribution in [0.15, 0.2) is 24.3 Å². The molecule has 0 saturated heterocycles. The predicted molar refractivity (Wildman–Crippen MR) is 70.3 cm³/mol. The molecule has 0 spiro atoms. The lowest BCUT2D eigenvalue weighted by atomic mass is 10.2. The first-order chi connectivity index (χ1) is 10.9. The van der Waals surface area contributed by atoms with E-state index in [-0.39, 0.29) is 24.4 Å². The van der Waals surface area contributed by atoms with Gasteiger partial charge in [-0.1, -0.05) is 6.07 Å². The summed E-state index contributed by atoms with van der Waals surface area (Å²) in [6, 6.07) is 3.77. The summed E-state index contributed by atoms with van der Waals surface area (Å²) in [7, 11) is 0. The molecule has 9 heteroatoms. The summed E-state index contributed by atoms with van der Waals surface area (Å²) < 4.78 is 61.2. The van der Waals surface area contributed by atoms with Gasteiger partial charge in [0.2, 0.25) is 5.88 Å². The van der Waals surface area contributed by atoms with Gasteiger partial charge in [-0.15, -0.1) is 0 Å². The van der Waals surface area contributed by atoms with Gasteiger partial charge in [0.1, 0.15) is 11.6 Å². The van der Waals surface area contributed by atoms with Crippen molar-refractivity contribution < 1.29 is 31.8 Å². The van der Waals surface area contributed by atoms with Crippen LogP contribution in [0.4, 0.5) is 17.6 Å². The molecule has 1 heterocycles. The van der Waals surface area contributed by atoms with Crippen molar-refractivity contribution in [3.63, 3.8) is 0 Å². The third-order valence-electron chi connectivity index (χ3n) is 2.77. The highest BCUT2D eigenvalue weighted by atomic mass is 19.3. The summed E-state index contributed by atoms with van der Waals surface area (Å²) in [4.78, 5) is 11.6. The fourth-order valence-corrected chi connectivity index (χ4v) is 1.82. The number of hydrogen-bond acceptors (Lipinski definition) is 4. The number of esters is 1. The molecule has 0 saturated carbocycles. The van der Waals surface area contributed by atoms with Gasteiger partial charge >= 0.3 is 12.6 Å². The fraction of sp³-hybridized carbons (Fsp3) is 0.286. The van der Waals surface area contributed by atoms with Crippen LogP contribution >= 0.6 is 0 Å². The Labute approximate surface area is 128 Å². The maximum atomic E-state index is 13.7. The van der Waals surface area contributed by atoms with Crippen LogP contribution in [0.25, 0.3) is 0 Å². The van der Waals surface area contributed by atoms with Crippen molar-refractivity contribution in [3.05, 3.63) is 47.2 Å². The van der Waals surface area contributed by atoms with E-state index in [1.165, 1.54) is 0 Å². The Morgan fingerprint density at radius 2 is 2.04 bits per heavy atom. The lowest BCUT2D eigenvalue weighted by Crippen LogP contribution is -2.11. The molecule has 124 valence electrons. The number of nitrogens with zero attached hydrogens (tertiary/aromatic N) is 2. The molecule has 2 aromatic rings. The lowest BCUT2D eigenvalue weighted by molar-refractivity contribution is -0.0556. The number of rotatable bonds is 6. The van der Waals surface area contributed by atoms with Crippen molar-refractivity contribution in [3.8, 4) is 5.88 Å². The zero-order valence-corrected chi connectivity index (χ0v) is 11.9. The minimum absolute atomic E-state index is 0.0102. The fourth-order valence-electron chi connectivity index (χ4n) is 1.82. The number of aromatic nitrogens is 2. The van der Waals surface area contributed by atoms with Crippen LogP contribution < -0.4 is 4.74 Å². The quantitative estimate of drug-likeness (QED) is 0.603. The first kappa shape index (κ1) is 16.8. The van der Waals surface area contributed by atoms with E-state index in [0.717, 1.165) is 22.9 Å². The zero-order chi connectivity index (χ0) is 17.0. The molecule has 0 radical (unpaired) electrons. The highest BCUT2D eigenvalue weighted by molar-refractivity contribution is 5.87. The van der Waals surface area contributed by atoms with Gasteiger partial charge in [0.25, 0.3) is 0 Å². The Kier molecular flexibility index (Phi) is 5.20. The summed E-state index contributed by atoms with van der Waals surface area (Å²) in [6.45, 7) is -1.84. The van der Waals surface area contributed by atoms with Crippen LogP contribution in [0, 0.1) is 11.6 Å². The van der Waals surface area contributed by atoms with Gasteiger partial charge in [0, 0.05) is 17.7 Å².